The van der Waals surface area contributed by atoms with E-state index in [-0.39, 0.29) is 11.3 Å². The molecular formula is C12H12N2O5. The smallest absolute Gasteiger partial charge is 0.269 e. The van der Waals surface area contributed by atoms with Crippen LogP contribution in [-0.2, 0) is 9.59 Å². The van der Waals surface area contributed by atoms with E-state index in [2.05, 4.69) is 5.32 Å². The number of hydrogen-bond donors (Lipinski definition) is 2. The van der Waals surface area contributed by atoms with Gasteiger partial charge in [-0.05, 0) is 17.7 Å². The molecule has 0 heterocycles. The fourth-order valence-corrected chi connectivity index (χ4v) is 1.55. The highest BCUT2D eigenvalue weighted by Gasteiger charge is 2.18. The van der Waals surface area contributed by atoms with E-state index in [9.17, 15) is 19.7 Å². The molecule has 0 radical (unpaired) electrons. The Bertz CT molecular complexity index is 532. The van der Waals surface area contributed by atoms with Gasteiger partial charge in [0.25, 0.3) is 5.69 Å². The quantitative estimate of drug-likeness (QED) is 0.451. The molecule has 0 aliphatic heterocycles. The Labute approximate surface area is 108 Å². The summed E-state index contributed by atoms with van der Waals surface area (Å²) in [7, 11) is 0. The molecule has 7 nitrogen and oxygen atoms in total. The van der Waals surface area contributed by atoms with E-state index < -0.39 is 23.5 Å². The first kappa shape index (κ1) is 14.6. The van der Waals surface area contributed by atoms with Crippen LogP contribution < -0.4 is 5.32 Å². The Morgan fingerprint density at radius 2 is 2.05 bits per heavy atom. The van der Waals surface area contributed by atoms with Gasteiger partial charge in [-0.25, -0.2) is 4.79 Å². The molecule has 1 aromatic rings. The molecule has 0 unspecified atom stereocenters. The molecule has 1 rings (SSSR count). The third kappa shape index (κ3) is 3.74. The zero-order valence-electron chi connectivity index (χ0n) is 10.1. The molecule has 1 atom stereocenters. The third-order valence-corrected chi connectivity index (χ3v) is 2.41. The summed E-state index contributed by atoms with van der Waals surface area (Å²) in [6.45, 7) is 0.780. The summed E-state index contributed by atoms with van der Waals surface area (Å²) in [6.07, 6.45) is 0. The maximum Gasteiger partial charge on any atom is 0.269 e. The summed E-state index contributed by atoms with van der Waals surface area (Å²) in [4.78, 5) is 31.8. The highest BCUT2D eigenvalue weighted by atomic mass is 16.6. The van der Waals surface area contributed by atoms with Crippen molar-refractivity contribution in [2.45, 2.75) is 13.0 Å². The van der Waals surface area contributed by atoms with E-state index >= 15 is 0 Å². The maximum atomic E-state index is 11.0. The van der Waals surface area contributed by atoms with Crippen LogP contribution in [-0.4, -0.2) is 34.5 Å². The van der Waals surface area contributed by atoms with Gasteiger partial charge >= 0.3 is 0 Å². The lowest BCUT2D eigenvalue weighted by Gasteiger charge is -2.16. The molecule has 0 saturated heterocycles. The lowest BCUT2D eigenvalue weighted by molar-refractivity contribution is -0.384. The van der Waals surface area contributed by atoms with E-state index in [1.165, 1.54) is 31.2 Å². The number of aliphatic hydroxyl groups excluding tert-OH is 1. The number of carbonyl (C=O) groups is 1. The largest absolute Gasteiger partial charge is 0.394 e. The second kappa shape index (κ2) is 6.44. The molecule has 0 aromatic heterocycles. The molecule has 0 aliphatic rings. The van der Waals surface area contributed by atoms with Crippen LogP contribution in [0.4, 0.5) is 5.69 Å². The lowest BCUT2D eigenvalue weighted by Crippen LogP contribution is -2.37. The van der Waals surface area contributed by atoms with Crippen LogP contribution in [0.1, 0.15) is 12.5 Å². The van der Waals surface area contributed by atoms with Crippen LogP contribution in [0.5, 0.6) is 0 Å². The first-order valence-corrected chi connectivity index (χ1v) is 5.37. The van der Waals surface area contributed by atoms with Crippen molar-refractivity contribution in [2.24, 2.45) is 0 Å². The van der Waals surface area contributed by atoms with Crippen LogP contribution in [0.3, 0.4) is 0 Å². The minimum absolute atomic E-state index is 0.0348. The SMILES string of the molecule is CC(=O)N[C@@H](CO)C(=C=O)c1ccc([N+](=O)[O-])cc1. The normalized spacial score (nSPS) is 11.3. The number of amides is 1. The van der Waals surface area contributed by atoms with Gasteiger partial charge in [-0.2, -0.15) is 0 Å². The average molecular weight is 264 g/mol. The first-order valence-electron chi connectivity index (χ1n) is 5.37. The maximum absolute atomic E-state index is 11.0. The molecule has 0 fully saturated rings. The van der Waals surface area contributed by atoms with Crippen molar-refractivity contribution in [1.29, 1.82) is 0 Å². The highest BCUT2D eigenvalue weighted by Crippen LogP contribution is 2.19. The first-order chi connectivity index (χ1) is 8.99. The molecule has 100 valence electrons. The molecule has 0 bridgehead atoms. The second-order valence-electron chi connectivity index (χ2n) is 3.76. The minimum atomic E-state index is -0.892. The number of non-ortho nitro benzene ring substituents is 1. The summed E-state index contributed by atoms with van der Waals surface area (Å²) in [5, 5.41) is 22.1. The Balaban J connectivity index is 3.06. The monoisotopic (exact) mass is 264 g/mol. The number of carbonyl (C=O) groups excluding carboxylic acids is 2. The fourth-order valence-electron chi connectivity index (χ4n) is 1.55. The van der Waals surface area contributed by atoms with Crippen LogP contribution in [0.2, 0.25) is 0 Å². The van der Waals surface area contributed by atoms with Gasteiger partial charge in [0.05, 0.1) is 23.1 Å². The van der Waals surface area contributed by atoms with Crippen LogP contribution >= 0.6 is 0 Å². The Kier molecular flexibility index (Phi) is 4.93. The molecule has 7 heteroatoms. The van der Waals surface area contributed by atoms with Crippen molar-refractivity contribution in [3.63, 3.8) is 0 Å². The predicted octanol–water partition coefficient (Wildman–Crippen LogP) is 0.307. The standard InChI is InChI=1S/C12H12N2O5/c1-8(17)13-12(7-16)11(6-15)9-2-4-10(5-3-9)14(18)19/h2-5,12,16H,7H2,1H3,(H,13,17)/t12-/m0/s1. The molecule has 1 amide bonds. The zero-order chi connectivity index (χ0) is 14.4. The van der Waals surface area contributed by atoms with E-state index in [1.807, 2.05) is 0 Å². The van der Waals surface area contributed by atoms with Crippen molar-refractivity contribution in [1.82, 2.24) is 5.32 Å². The molecule has 19 heavy (non-hydrogen) atoms. The number of rotatable bonds is 5. The van der Waals surface area contributed by atoms with Crippen molar-refractivity contribution >= 4 is 23.1 Å². The van der Waals surface area contributed by atoms with Gasteiger partial charge < -0.3 is 10.4 Å². The van der Waals surface area contributed by atoms with Gasteiger partial charge in [0.15, 0.2) is 0 Å². The molecule has 0 aliphatic carbocycles. The van der Waals surface area contributed by atoms with E-state index in [1.54, 1.807) is 5.94 Å². The number of nitrogens with one attached hydrogen (secondary N) is 1. The number of nitro benzene ring substituents is 1. The Morgan fingerprint density at radius 1 is 1.47 bits per heavy atom. The van der Waals surface area contributed by atoms with Gasteiger partial charge in [-0.3, -0.25) is 14.9 Å². The van der Waals surface area contributed by atoms with Gasteiger partial charge in [-0.15, -0.1) is 0 Å². The third-order valence-electron chi connectivity index (χ3n) is 2.41. The van der Waals surface area contributed by atoms with E-state index in [0.717, 1.165) is 0 Å². The molecule has 2 N–H and O–H groups in total. The summed E-state index contributed by atoms with van der Waals surface area (Å²) in [5.74, 6) is 1.24. The summed E-state index contributed by atoms with van der Waals surface area (Å²) in [6, 6.07) is 4.30. The number of aliphatic hydroxyl groups is 1. The topological polar surface area (TPSA) is 110 Å². The molecule has 1 aromatic carbocycles. The second-order valence-corrected chi connectivity index (χ2v) is 3.76. The summed E-state index contributed by atoms with van der Waals surface area (Å²) in [5.41, 5.74) is 0.273. The van der Waals surface area contributed by atoms with Gasteiger partial charge in [0.1, 0.15) is 5.94 Å². The fraction of sp³-hybridized carbons (Fsp3) is 0.250. The van der Waals surface area contributed by atoms with Gasteiger partial charge in [0.2, 0.25) is 5.91 Å². The molecule has 0 spiro atoms. The van der Waals surface area contributed by atoms with Crippen LogP contribution in [0.25, 0.3) is 5.57 Å². The van der Waals surface area contributed by atoms with Crippen molar-refractivity contribution in [3.8, 4) is 0 Å². The summed E-state index contributed by atoms with van der Waals surface area (Å²) >= 11 is 0. The van der Waals surface area contributed by atoms with Gasteiger partial charge in [0, 0.05) is 19.1 Å². The van der Waals surface area contributed by atoms with Crippen molar-refractivity contribution in [2.75, 3.05) is 6.61 Å². The average Bonchev–Trinajstić information content (AvgIpc) is 2.38. The van der Waals surface area contributed by atoms with Crippen LogP contribution in [0.15, 0.2) is 24.3 Å². The highest BCUT2D eigenvalue weighted by molar-refractivity contribution is 5.92. The molecular weight excluding hydrogens is 252 g/mol. The predicted molar refractivity (Wildman–Crippen MR) is 66.9 cm³/mol. The van der Waals surface area contributed by atoms with Gasteiger partial charge in [-0.1, -0.05) is 0 Å². The van der Waals surface area contributed by atoms with Crippen molar-refractivity contribution in [3.05, 3.63) is 39.9 Å². The van der Waals surface area contributed by atoms with E-state index in [4.69, 9.17) is 5.11 Å². The Hall–Kier alpha value is -2.50. The lowest BCUT2D eigenvalue weighted by atomic mass is 10.00. The minimum Gasteiger partial charge on any atom is -0.394 e. The summed E-state index contributed by atoms with van der Waals surface area (Å²) < 4.78 is 0. The number of benzene rings is 1. The van der Waals surface area contributed by atoms with Crippen LogP contribution in [0, 0.1) is 10.1 Å². The zero-order valence-corrected chi connectivity index (χ0v) is 10.1. The number of nitrogens with zero attached hydrogens (tertiary/aromatic N) is 1. The van der Waals surface area contributed by atoms with Crippen molar-refractivity contribution < 1.29 is 19.6 Å². The Morgan fingerprint density at radius 3 is 2.42 bits per heavy atom. The van der Waals surface area contributed by atoms with E-state index in [0.29, 0.717) is 5.56 Å². The number of nitro groups is 1. The molecule has 0 saturated carbocycles. The number of hydrogen-bond acceptors (Lipinski definition) is 5.